The highest BCUT2D eigenvalue weighted by atomic mass is 35.5. The van der Waals surface area contributed by atoms with Crippen molar-refractivity contribution in [1.82, 2.24) is 5.32 Å². The lowest BCUT2D eigenvalue weighted by molar-refractivity contribution is -0.126. The lowest BCUT2D eigenvalue weighted by Gasteiger charge is -2.36. The van der Waals surface area contributed by atoms with Crippen LogP contribution in [0.1, 0.15) is 38.5 Å². The van der Waals surface area contributed by atoms with Crippen molar-refractivity contribution in [1.29, 1.82) is 0 Å². The van der Waals surface area contributed by atoms with Crippen molar-refractivity contribution in [2.24, 2.45) is 5.73 Å². The number of nitrogens with two attached hydrogens (primary N) is 1. The van der Waals surface area contributed by atoms with Crippen LogP contribution in [0.4, 0.5) is 10.1 Å². The molecule has 1 amide bonds. The molecule has 2 fully saturated rings. The molecule has 1 heterocycles. The highest BCUT2D eigenvalue weighted by molar-refractivity contribution is 5.86. The van der Waals surface area contributed by atoms with Gasteiger partial charge in [-0.3, -0.25) is 4.79 Å². The third kappa shape index (κ3) is 4.74. The minimum absolute atomic E-state index is 0. The Hall–Kier alpha value is -1.04. The maximum absolute atomic E-state index is 13.4. The number of piperidine rings is 1. The van der Waals surface area contributed by atoms with Gasteiger partial charge in [0.25, 0.3) is 0 Å². The molecule has 136 valence electrons. The van der Waals surface area contributed by atoms with Crippen LogP contribution in [-0.4, -0.2) is 30.6 Å². The van der Waals surface area contributed by atoms with Crippen molar-refractivity contribution in [2.45, 2.75) is 50.1 Å². The standard InChI is InChI=1S/C17H24FN3O.2ClH/c18-13-5-3-7-15(11-13)21-10-4-6-14(12-21)20-16(22)17(19)8-1-2-9-17;;/h3,5,7,11,14H,1-2,4,6,8-10,12,19H2,(H,20,22);2*1H. The lowest BCUT2D eigenvalue weighted by Crippen LogP contribution is -2.57. The van der Waals surface area contributed by atoms with E-state index in [1.54, 1.807) is 12.1 Å². The van der Waals surface area contributed by atoms with Crippen molar-refractivity contribution in [3.8, 4) is 0 Å². The Bertz CT molecular complexity index is 552. The van der Waals surface area contributed by atoms with Crippen LogP contribution in [-0.2, 0) is 4.79 Å². The lowest BCUT2D eigenvalue weighted by atomic mass is 9.96. The molecular weight excluding hydrogens is 352 g/mol. The summed E-state index contributed by atoms with van der Waals surface area (Å²) in [7, 11) is 0. The number of carbonyl (C=O) groups excluding carboxylic acids is 1. The van der Waals surface area contributed by atoms with Gasteiger partial charge in [-0.1, -0.05) is 18.9 Å². The Balaban J connectivity index is 0.00000144. The Morgan fingerprint density at radius 2 is 1.96 bits per heavy atom. The Kier molecular flexibility index (Phi) is 7.77. The number of nitrogens with one attached hydrogen (secondary N) is 1. The zero-order valence-electron chi connectivity index (χ0n) is 13.7. The monoisotopic (exact) mass is 377 g/mol. The Labute approximate surface area is 155 Å². The smallest absolute Gasteiger partial charge is 0.240 e. The van der Waals surface area contributed by atoms with E-state index in [-0.39, 0.29) is 42.6 Å². The van der Waals surface area contributed by atoms with Gasteiger partial charge < -0.3 is 16.0 Å². The number of carbonyl (C=O) groups is 1. The molecule has 2 aliphatic rings. The summed E-state index contributed by atoms with van der Waals surface area (Å²) in [4.78, 5) is 14.6. The van der Waals surface area contributed by atoms with Gasteiger partial charge in [0, 0.05) is 24.8 Å². The van der Waals surface area contributed by atoms with E-state index in [1.165, 1.54) is 6.07 Å². The van der Waals surface area contributed by atoms with E-state index >= 15 is 0 Å². The molecular formula is C17H26Cl2FN3O. The van der Waals surface area contributed by atoms with Crippen molar-refractivity contribution in [3.63, 3.8) is 0 Å². The summed E-state index contributed by atoms with van der Waals surface area (Å²) in [5.74, 6) is -0.244. The maximum atomic E-state index is 13.4. The molecule has 1 aliphatic carbocycles. The predicted molar refractivity (Wildman–Crippen MR) is 99.7 cm³/mol. The van der Waals surface area contributed by atoms with Crippen molar-refractivity contribution in [3.05, 3.63) is 30.1 Å². The average molecular weight is 378 g/mol. The van der Waals surface area contributed by atoms with Gasteiger partial charge in [-0.05, 0) is 43.9 Å². The van der Waals surface area contributed by atoms with Crippen LogP contribution < -0.4 is 16.0 Å². The minimum Gasteiger partial charge on any atom is -0.369 e. The van der Waals surface area contributed by atoms with E-state index in [1.807, 2.05) is 6.07 Å². The third-order valence-electron chi connectivity index (χ3n) is 4.88. The van der Waals surface area contributed by atoms with Gasteiger partial charge in [0.05, 0.1) is 5.54 Å². The van der Waals surface area contributed by atoms with Gasteiger partial charge >= 0.3 is 0 Å². The average Bonchev–Trinajstić information content (AvgIpc) is 2.96. The van der Waals surface area contributed by atoms with Crippen LogP contribution in [0.3, 0.4) is 0 Å². The third-order valence-corrected chi connectivity index (χ3v) is 4.88. The molecule has 24 heavy (non-hydrogen) atoms. The number of hydrogen-bond acceptors (Lipinski definition) is 3. The second-order valence-corrected chi connectivity index (χ2v) is 6.60. The van der Waals surface area contributed by atoms with Crippen LogP contribution in [0, 0.1) is 5.82 Å². The number of anilines is 1. The quantitative estimate of drug-likeness (QED) is 0.850. The zero-order valence-corrected chi connectivity index (χ0v) is 15.3. The van der Waals surface area contributed by atoms with Gasteiger partial charge in [-0.25, -0.2) is 4.39 Å². The van der Waals surface area contributed by atoms with Crippen molar-refractivity contribution >= 4 is 36.4 Å². The molecule has 4 nitrogen and oxygen atoms in total. The summed E-state index contributed by atoms with van der Waals surface area (Å²) >= 11 is 0. The molecule has 3 rings (SSSR count). The summed E-state index contributed by atoms with van der Waals surface area (Å²) in [5.41, 5.74) is 6.41. The van der Waals surface area contributed by atoms with Gasteiger partial charge in [0.1, 0.15) is 5.82 Å². The first kappa shape index (κ1) is 21.0. The fraction of sp³-hybridized carbons (Fsp3) is 0.588. The van der Waals surface area contributed by atoms with Crippen LogP contribution in [0.5, 0.6) is 0 Å². The normalized spacial score (nSPS) is 22.2. The van der Waals surface area contributed by atoms with E-state index in [9.17, 15) is 9.18 Å². The van der Waals surface area contributed by atoms with E-state index < -0.39 is 5.54 Å². The molecule has 1 saturated heterocycles. The summed E-state index contributed by atoms with van der Waals surface area (Å²) in [6, 6.07) is 6.72. The summed E-state index contributed by atoms with van der Waals surface area (Å²) in [5, 5.41) is 3.12. The van der Waals surface area contributed by atoms with Gasteiger partial charge in [-0.15, -0.1) is 24.8 Å². The molecule has 7 heteroatoms. The van der Waals surface area contributed by atoms with Crippen LogP contribution in [0.2, 0.25) is 0 Å². The predicted octanol–water partition coefficient (Wildman–Crippen LogP) is 3.03. The molecule has 1 aliphatic heterocycles. The second-order valence-electron chi connectivity index (χ2n) is 6.60. The fourth-order valence-electron chi connectivity index (χ4n) is 3.56. The van der Waals surface area contributed by atoms with E-state index in [4.69, 9.17) is 5.73 Å². The van der Waals surface area contributed by atoms with Crippen LogP contribution in [0.15, 0.2) is 24.3 Å². The molecule has 1 atom stereocenters. The number of amides is 1. The Morgan fingerprint density at radius 1 is 1.25 bits per heavy atom. The fourth-order valence-corrected chi connectivity index (χ4v) is 3.56. The molecule has 0 spiro atoms. The summed E-state index contributed by atoms with van der Waals surface area (Å²) < 4.78 is 13.4. The van der Waals surface area contributed by atoms with Gasteiger partial charge in [0.2, 0.25) is 5.91 Å². The molecule has 1 saturated carbocycles. The van der Waals surface area contributed by atoms with Crippen LogP contribution >= 0.6 is 24.8 Å². The first-order valence-electron chi connectivity index (χ1n) is 8.17. The number of benzene rings is 1. The highest BCUT2D eigenvalue weighted by Crippen LogP contribution is 2.28. The molecule has 1 aromatic rings. The first-order valence-corrected chi connectivity index (χ1v) is 8.17. The topological polar surface area (TPSA) is 58.4 Å². The molecule has 3 N–H and O–H groups in total. The molecule has 1 aromatic carbocycles. The molecule has 0 aromatic heterocycles. The number of nitrogens with zero attached hydrogens (tertiary/aromatic N) is 1. The number of halogens is 3. The summed E-state index contributed by atoms with van der Waals surface area (Å²) in [6.07, 6.45) is 5.55. The summed E-state index contributed by atoms with van der Waals surface area (Å²) in [6.45, 7) is 1.61. The SMILES string of the molecule is Cl.Cl.NC1(C(=O)NC2CCCN(c3cccc(F)c3)C2)CCCC1. The second kappa shape index (κ2) is 8.88. The van der Waals surface area contributed by atoms with Crippen LogP contribution in [0.25, 0.3) is 0 Å². The molecule has 0 bridgehead atoms. The van der Waals surface area contributed by atoms with Gasteiger partial charge in [0.15, 0.2) is 0 Å². The van der Waals surface area contributed by atoms with E-state index in [0.29, 0.717) is 6.54 Å². The van der Waals surface area contributed by atoms with Gasteiger partial charge in [-0.2, -0.15) is 0 Å². The minimum atomic E-state index is -0.679. The van der Waals surface area contributed by atoms with E-state index in [0.717, 1.165) is 50.8 Å². The molecule has 0 radical (unpaired) electrons. The highest BCUT2D eigenvalue weighted by Gasteiger charge is 2.38. The first-order chi connectivity index (χ1) is 10.6. The number of rotatable bonds is 3. The zero-order chi connectivity index (χ0) is 15.6. The maximum Gasteiger partial charge on any atom is 0.240 e. The van der Waals surface area contributed by atoms with Crippen molar-refractivity contribution in [2.75, 3.05) is 18.0 Å². The molecule has 1 unspecified atom stereocenters. The van der Waals surface area contributed by atoms with E-state index in [2.05, 4.69) is 10.2 Å². The van der Waals surface area contributed by atoms with Crippen molar-refractivity contribution < 1.29 is 9.18 Å². The number of hydrogen-bond donors (Lipinski definition) is 2. The Morgan fingerprint density at radius 3 is 2.62 bits per heavy atom. The largest absolute Gasteiger partial charge is 0.369 e.